The molecule has 0 atom stereocenters. The zero-order chi connectivity index (χ0) is 9.72. The molecule has 0 bridgehead atoms. The van der Waals surface area contributed by atoms with Crippen LogP contribution in [0, 0.1) is 0 Å². The third-order valence-corrected chi connectivity index (χ3v) is 1.83. The fourth-order valence-corrected chi connectivity index (χ4v) is 1.10. The second-order valence-corrected chi connectivity index (χ2v) is 3.61. The summed E-state index contributed by atoms with van der Waals surface area (Å²) in [5.74, 6) is 0. The lowest BCUT2D eigenvalue weighted by atomic mass is 10.0. The molecule has 0 unspecified atom stereocenters. The third kappa shape index (κ3) is 3.56. The standard InChI is InChI=1S/C12H20/c1-7-11(6)12(10(4)5)8-9(2)3/h7-8H,1-6H3. The molecule has 0 rings (SSSR count). The molecule has 0 aliphatic carbocycles. The highest BCUT2D eigenvalue weighted by atomic mass is 14.0. The van der Waals surface area contributed by atoms with Crippen molar-refractivity contribution in [2.75, 3.05) is 0 Å². The molecule has 0 spiro atoms. The fourth-order valence-electron chi connectivity index (χ4n) is 1.10. The predicted octanol–water partition coefficient (Wildman–Crippen LogP) is 4.26. The van der Waals surface area contributed by atoms with Gasteiger partial charge in [-0.05, 0) is 52.7 Å². The Morgan fingerprint density at radius 1 is 0.917 bits per heavy atom. The highest BCUT2D eigenvalue weighted by Crippen LogP contribution is 2.17. The van der Waals surface area contributed by atoms with Crippen LogP contribution < -0.4 is 0 Å². The Labute approximate surface area is 76.7 Å². The van der Waals surface area contributed by atoms with Crippen molar-refractivity contribution < 1.29 is 0 Å². The molecule has 0 aromatic rings. The Bertz CT molecular complexity index is 229. The van der Waals surface area contributed by atoms with Crippen LogP contribution in [0.25, 0.3) is 0 Å². The average molecular weight is 164 g/mol. The highest BCUT2D eigenvalue weighted by Gasteiger charge is 1.97. The molecule has 0 saturated carbocycles. The Kier molecular flexibility index (Phi) is 4.65. The van der Waals surface area contributed by atoms with E-state index >= 15 is 0 Å². The molecule has 0 nitrogen and oxygen atoms in total. The van der Waals surface area contributed by atoms with Crippen LogP contribution >= 0.6 is 0 Å². The topological polar surface area (TPSA) is 0 Å². The van der Waals surface area contributed by atoms with Gasteiger partial charge in [0.25, 0.3) is 0 Å². The van der Waals surface area contributed by atoms with E-state index in [4.69, 9.17) is 0 Å². The molecular formula is C12H20. The maximum Gasteiger partial charge on any atom is -0.0245 e. The van der Waals surface area contributed by atoms with E-state index in [1.54, 1.807) is 0 Å². The quantitative estimate of drug-likeness (QED) is 0.535. The SMILES string of the molecule is CC=C(C)C(C=C(C)C)=C(C)C. The summed E-state index contributed by atoms with van der Waals surface area (Å²) in [6.45, 7) is 12.8. The molecule has 0 heteroatoms. The second-order valence-electron chi connectivity index (χ2n) is 3.61. The lowest BCUT2D eigenvalue weighted by Crippen LogP contribution is -1.85. The summed E-state index contributed by atoms with van der Waals surface area (Å²) in [5, 5.41) is 0. The molecule has 0 fully saturated rings. The normalized spacial score (nSPS) is 11.0. The smallest absolute Gasteiger partial charge is 0.0245 e. The molecule has 0 aromatic carbocycles. The van der Waals surface area contributed by atoms with Crippen molar-refractivity contribution in [3.8, 4) is 0 Å². The van der Waals surface area contributed by atoms with Crippen molar-refractivity contribution in [1.29, 1.82) is 0 Å². The van der Waals surface area contributed by atoms with Crippen molar-refractivity contribution in [2.45, 2.75) is 41.5 Å². The van der Waals surface area contributed by atoms with Gasteiger partial charge in [0, 0.05) is 0 Å². The van der Waals surface area contributed by atoms with E-state index < -0.39 is 0 Å². The molecule has 0 N–H and O–H groups in total. The van der Waals surface area contributed by atoms with Gasteiger partial charge in [0.15, 0.2) is 0 Å². The van der Waals surface area contributed by atoms with Crippen molar-refractivity contribution in [3.05, 3.63) is 34.4 Å². The minimum Gasteiger partial charge on any atom is -0.0841 e. The van der Waals surface area contributed by atoms with Gasteiger partial charge in [-0.25, -0.2) is 0 Å². The first-order chi connectivity index (χ1) is 5.49. The first-order valence-corrected chi connectivity index (χ1v) is 4.44. The molecule has 0 heterocycles. The maximum absolute atomic E-state index is 2.24. The Morgan fingerprint density at radius 3 is 1.67 bits per heavy atom. The van der Waals surface area contributed by atoms with Crippen LogP contribution in [0.15, 0.2) is 34.4 Å². The van der Waals surface area contributed by atoms with E-state index in [1.165, 1.54) is 22.3 Å². The summed E-state index contributed by atoms with van der Waals surface area (Å²) in [6, 6.07) is 0. The first-order valence-electron chi connectivity index (χ1n) is 4.44. The zero-order valence-corrected chi connectivity index (χ0v) is 9.15. The van der Waals surface area contributed by atoms with Gasteiger partial charge in [-0.1, -0.05) is 23.3 Å². The van der Waals surface area contributed by atoms with E-state index in [0.717, 1.165) is 0 Å². The minimum absolute atomic E-state index is 1.35. The molecule has 0 aromatic heterocycles. The molecule has 12 heavy (non-hydrogen) atoms. The zero-order valence-electron chi connectivity index (χ0n) is 9.15. The predicted molar refractivity (Wildman–Crippen MR) is 57.2 cm³/mol. The van der Waals surface area contributed by atoms with Crippen LogP contribution in [-0.2, 0) is 0 Å². The number of rotatable bonds is 2. The van der Waals surface area contributed by atoms with Gasteiger partial charge in [0.2, 0.25) is 0 Å². The Morgan fingerprint density at radius 2 is 1.42 bits per heavy atom. The van der Waals surface area contributed by atoms with E-state index in [-0.39, 0.29) is 0 Å². The van der Waals surface area contributed by atoms with Gasteiger partial charge >= 0.3 is 0 Å². The van der Waals surface area contributed by atoms with Crippen LogP contribution in [-0.4, -0.2) is 0 Å². The summed E-state index contributed by atoms with van der Waals surface area (Å²) >= 11 is 0. The molecule has 0 aliphatic heterocycles. The van der Waals surface area contributed by atoms with Crippen molar-refractivity contribution in [2.24, 2.45) is 0 Å². The first kappa shape index (κ1) is 11.2. The van der Waals surface area contributed by atoms with Gasteiger partial charge in [0.1, 0.15) is 0 Å². The van der Waals surface area contributed by atoms with Crippen molar-refractivity contribution in [3.63, 3.8) is 0 Å². The fraction of sp³-hybridized carbons (Fsp3) is 0.500. The lowest BCUT2D eigenvalue weighted by molar-refractivity contribution is 1.25. The van der Waals surface area contributed by atoms with E-state index in [1.807, 2.05) is 0 Å². The maximum atomic E-state index is 2.24. The van der Waals surface area contributed by atoms with Crippen LogP contribution in [0.5, 0.6) is 0 Å². The van der Waals surface area contributed by atoms with Gasteiger partial charge in [-0.3, -0.25) is 0 Å². The number of hydrogen-bond acceptors (Lipinski definition) is 0. The summed E-state index contributed by atoms with van der Waals surface area (Å²) in [5.41, 5.74) is 5.47. The van der Waals surface area contributed by atoms with Crippen LogP contribution in [0.1, 0.15) is 41.5 Å². The van der Waals surface area contributed by atoms with Gasteiger partial charge in [-0.2, -0.15) is 0 Å². The molecule has 68 valence electrons. The molecular weight excluding hydrogens is 144 g/mol. The summed E-state index contributed by atoms with van der Waals surface area (Å²) in [7, 11) is 0. The number of hydrogen-bond donors (Lipinski definition) is 0. The molecule has 0 radical (unpaired) electrons. The summed E-state index contributed by atoms with van der Waals surface area (Å²) in [4.78, 5) is 0. The van der Waals surface area contributed by atoms with Gasteiger partial charge in [-0.15, -0.1) is 0 Å². The van der Waals surface area contributed by atoms with Crippen molar-refractivity contribution in [1.82, 2.24) is 0 Å². The summed E-state index contributed by atoms with van der Waals surface area (Å²) in [6.07, 6.45) is 4.40. The van der Waals surface area contributed by atoms with Gasteiger partial charge < -0.3 is 0 Å². The van der Waals surface area contributed by atoms with E-state index in [2.05, 4.69) is 53.7 Å². The monoisotopic (exact) mass is 164 g/mol. The largest absolute Gasteiger partial charge is 0.0841 e. The van der Waals surface area contributed by atoms with Gasteiger partial charge in [0.05, 0.1) is 0 Å². The highest BCUT2D eigenvalue weighted by molar-refractivity contribution is 5.42. The van der Waals surface area contributed by atoms with E-state index in [9.17, 15) is 0 Å². The van der Waals surface area contributed by atoms with Crippen molar-refractivity contribution >= 4 is 0 Å². The van der Waals surface area contributed by atoms with Crippen LogP contribution in [0.2, 0.25) is 0 Å². The average Bonchev–Trinajstić information content (AvgIpc) is 1.98. The lowest BCUT2D eigenvalue weighted by Gasteiger charge is -2.05. The Hall–Kier alpha value is -0.780. The Balaban J connectivity index is 4.98. The van der Waals surface area contributed by atoms with E-state index in [0.29, 0.717) is 0 Å². The second kappa shape index (κ2) is 4.97. The molecule has 0 amide bonds. The third-order valence-electron chi connectivity index (χ3n) is 1.83. The minimum atomic E-state index is 1.35. The van der Waals surface area contributed by atoms with Crippen LogP contribution in [0.3, 0.4) is 0 Å². The molecule has 0 aliphatic rings. The number of allylic oxidation sites excluding steroid dienone is 6. The van der Waals surface area contributed by atoms with Crippen LogP contribution in [0.4, 0.5) is 0 Å². The molecule has 0 saturated heterocycles. The summed E-state index contributed by atoms with van der Waals surface area (Å²) < 4.78 is 0.